The summed E-state index contributed by atoms with van der Waals surface area (Å²) >= 11 is 0. The van der Waals surface area contributed by atoms with E-state index in [1.807, 2.05) is 0 Å². The molecule has 14 heavy (non-hydrogen) atoms. The molecule has 0 saturated carbocycles. The smallest absolute Gasteiger partial charge is 0.356 e. The second kappa shape index (κ2) is 5.11. The maximum absolute atomic E-state index is 11.1. The van der Waals surface area contributed by atoms with Crippen LogP contribution in [0.2, 0.25) is 0 Å². The van der Waals surface area contributed by atoms with Crippen LogP contribution in [-0.2, 0) is 16.0 Å². The van der Waals surface area contributed by atoms with Crippen molar-refractivity contribution in [1.29, 1.82) is 0 Å². The minimum Gasteiger partial charge on any atom is -0.464 e. The van der Waals surface area contributed by atoms with E-state index in [4.69, 9.17) is 0 Å². The van der Waals surface area contributed by atoms with Crippen LogP contribution in [0.1, 0.15) is 22.5 Å². The van der Waals surface area contributed by atoms with Crippen LogP contribution in [0.25, 0.3) is 0 Å². The van der Waals surface area contributed by atoms with E-state index < -0.39 is 5.97 Å². The first kappa shape index (κ1) is 10.4. The average molecular weight is 193 g/mol. The Morgan fingerprint density at radius 2 is 2.43 bits per heavy atom. The molecular weight excluding hydrogens is 182 g/mol. The van der Waals surface area contributed by atoms with Gasteiger partial charge in [-0.3, -0.25) is 0 Å². The van der Waals surface area contributed by atoms with Crippen LogP contribution < -0.4 is 0 Å². The van der Waals surface area contributed by atoms with E-state index in [1.165, 1.54) is 13.3 Å². The third-order valence-electron chi connectivity index (χ3n) is 1.77. The number of hydrogen-bond acceptors (Lipinski definition) is 4. The van der Waals surface area contributed by atoms with Crippen LogP contribution in [-0.4, -0.2) is 24.3 Å². The first-order chi connectivity index (χ1) is 6.77. The summed E-state index contributed by atoms with van der Waals surface area (Å²) in [6.45, 7) is 0. The minimum absolute atomic E-state index is 0.274. The number of rotatable bonds is 4. The Hall–Kier alpha value is -1.71. The lowest BCUT2D eigenvalue weighted by Gasteiger charge is -2.00. The zero-order valence-corrected chi connectivity index (χ0v) is 7.90. The number of ether oxygens (including phenoxy) is 1. The van der Waals surface area contributed by atoms with E-state index in [-0.39, 0.29) is 5.69 Å². The second-order valence-electron chi connectivity index (χ2n) is 2.75. The van der Waals surface area contributed by atoms with Gasteiger partial charge in [-0.05, 0) is 24.1 Å². The van der Waals surface area contributed by atoms with Crippen molar-refractivity contribution in [1.82, 2.24) is 4.98 Å². The lowest BCUT2D eigenvalue weighted by Crippen LogP contribution is -2.04. The summed E-state index contributed by atoms with van der Waals surface area (Å²) in [7, 11) is 1.31. The van der Waals surface area contributed by atoms with E-state index in [9.17, 15) is 9.59 Å². The molecule has 74 valence electrons. The van der Waals surface area contributed by atoms with Crippen molar-refractivity contribution in [3.05, 3.63) is 29.6 Å². The SMILES string of the molecule is COC(=O)c1cc(CCC=O)ccn1. The van der Waals surface area contributed by atoms with Crippen LogP contribution >= 0.6 is 0 Å². The molecule has 0 N–H and O–H groups in total. The van der Waals surface area contributed by atoms with Crippen molar-refractivity contribution in [3.8, 4) is 0 Å². The maximum Gasteiger partial charge on any atom is 0.356 e. The lowest BCUT2D eigenvalue weighted by molar-refractivity contribution is -0.107. The highest BCUT2D eigenvalue weighted by Crippen LogP contribution is 2.05. The zero-order chi connectivity index (χ0) is 10.4. The van der Waals surface area contributed by atoms with Crippen molar-refractivity contribution in [2.45, 2.75) is 12.8 Å². The molecular formula is C10H11NO3. The van der Waals surface area contributed by atoms with E-state index >= 15 is 0 Å². The van der Waals surface area contributed by atoms with Crippen molar-refractivity contribution in [2.75, 3.05) is 7.11 Å². The Kier molecular flexibility index (Phi) is 3.79. The fourth-order valence-electron chi connectivity index (χ4n) is 1.07. The van der Waals surface area contributed by atoms with Gasteiger partial charge in [0.2, 0.25) is 0 Å². The van der Waals surface area contributed by atoms with Gasteiger partial charge < -0.3 is 9.53 Å². The van der Waals surface area contributed by atoms with Crippen molar-refractivity contribution in [2.24, 2.45) is 0 Å². The Morgan fingerprint density at radius 3 is 3.07 bits per heavy atom. The van der Waals surface area contributed by atoms with Gasteiger partial charge in [0.05, 0.1) is 7.11 Å². The van der Waals surface area contributed by atoms with Crippen LogP contribution in [0.4, 0.5) is 0 Å². The number of carbonyl (C=O) groups is 2. The molecule has 0 saturated heterocycles. The molecule has 0 spiro atoms. The predicted octanol–water partition coefficient (Wildman–Crippen LogP) is 1.000. The summed E-state index contributed by atoms with van der Waals surface area (Å²) in [4.78, 5) is 25.1. The topological polar surface area (TPSA) is 56.3 Å². The summed E-state index contributed by atoms with van der Waals surface area (Å²) in [5.41, 5.74) is 1.18. The molecule has 1 aromatic heterocycles. The highest BCUT2D eigenvalue weighted by molar-refractivity contribution is 5.87. The monoisotopic (exact) mass is 193 g/mol. The number of aromatic nitrogens is 1. The average Bonchev–Trinajstić information content (AvgIpc) is 2.25. The van der Waals surface area contributed by atoms with Crippen LogP contribution in [0.3, 0.4) is 0 Å². The first-order valence-corrected chi connectivity index (χ1v) is 4.25. The van der Waals surface area contributed by atoms with Gasteiger partial charge in [0.15, 0.2) is 0 Å². The normalized spacial score (nSPS) is 9.50. The minimum atomic E-state index is -0.460. The van der Waals surface area contributed by atoms with Gasteiger partial charge in [0.1, 0.15) is 12.0 Å². The summed E-state index contributed by atoms with van der Waals surface area (Å²) in [6.07, 6.45) is 3.45. The molecule has 0 unspecified atom stereocenters. The maximum atomic E-state index is 11.1. The molecule has 1 rings (SSSR count). The van der Waals surface area contributed by atoms with Gasteiger partial charge in [0.25, 0.3) is 0 Å². The Labute approximate surface area is 81.9 Å². The molecule has 0 aromatic carbocycles. The third kappa shape index (κ3) is 2.65. The predicted molar refractivity (Wildman–Crippen MR) is 50.0 cm³/mol. The van der Waals surface area contributed by atoms with Crippen molar-refractivity contribution < 1.29 is 14.3 Å². The molecule has 0 radical (unpaired) electrons. The number of aldehydes is 1. The van der Waals surface area contributed by atoms with Gasteiger partial charge in [-0.15, -0.1) is 0 Å². The molecule has 4 heteroatoms. The number of aryl methyl sites for hydroxylation is 1. The fraction of sp³-hybridized carbons (Fsp3) is 0.300. The Balaban J connectivity index is 2.78. The molecule has 0 aliphatic rings. The zero-order valence-electron chi connectivity index (χ0n) is 7.90. The van der Waals surface area contributed by atoms with Gasteiger partial charge in [-0.2, -0.15) is 0 Å². The fourth-order valence-corrected chi connectivity index (χ4v) is 1.07. The molecule has 0 amide bonds. The first-order valence-electron chi connectivity index (χ1n) is 4.25. The van der Waals surface area contributed by atoms with Gasteiger partial charge >= 0.3 is 5.97 Å². The molecule has 1 heterocycles. The quantitative estimate of drug-likeness (QED) is 0.528. The van der Waals surface area contributed by atoms with Crippen molar-refractivity contribution in [3.63, 3.8) is 0 Å². The summed E-state index contributed by atoms with van der Waals surface area (Å²) in [5, 5.41) is 0. The molecule has 0 aliphatic carbocycles. The number of hydrogen-bond donors (Lipinski definition) is 0. The van der Waals surface area contributed by atoms with E-state index in [1.54, 1.807) is 12.1 Å². The molecule has 0 bridgehead atoms. The van der Waals surface area contributed by atoms with E-state index in [2.05, 4.69) is 9.72 Å². The third-order valence-corrected chi connectivity index (χ3v) is 1.77. The number of esters is 1. The van der Waals surface area contributed by atoms with E-state index in [0.717, 1.165) is 11.8 Å². The standard InChI is InChI=1S/C10H11NO3/c1-14-10(13)9-7-8(3-2-6-12)4-5-11-9/h4-7H,2-3H2,1H3. The highest BCUT2D eigenvalue weighted by Gasteiger charge is 2.06. The number of carbonyl (C=O) groups excluding carboxylic acids is 2. The van der Waals surface area contributed by atoms with Crippen molar-refractivity contribution >= 4 is 12.3 Å². The van der Waals surface area contributed by atoms with Gasteiger partial charge in [-0.25, -0.2) is 9.78 Å². The van der Waals surface area contributed by atoms with Crippen LogP contribution in [0.15, 0.2) is 18.3 Å². The summed E-state index contributed by atoms with van der Waals surface area (Å²) in [5.74, 6) is -0.460. The molecule has 0 fully saturated rings. The lowest BCUT2D eigenvalue weighted by atomic mass is 10.1. The van der Waals surface area contributed by atoms with Gasteiger partial charge in [0, 0.05) is 12.6 Å². The number of pyridine rings is 1. The Morgan fingerprint density at radius 1 is 1.64 bits per heavy atom. The molecule has 4 nitrogen and oxygen atoms in total. The molecule has 0 aliphatic heterocycles. The molecule has 0 atom stereocenters. The van der Waals surface area contributed by atoms with Crippen LogP contribution in [0, 0.1) is 0 Å². The number of nitrogens with zero attached hydrogens (tertiary/aromatic N) is 1. The number of methoxy groups -OCH3 is 1. The Bertz CT molecular complexity index is 336. The largest absolute Gasteiger partial charge is 0.464 e. The van der Waals surface area contributed by atoms with E-state index in [0.29, 0.717) is 12.8 Å². The van der Waals surface area contributed by atoms with Crippen LogP contribution in [0.5, 0.6) is 0 Å². The van der Waals surface area contributed by atoms with Gasteiger partial charge in [-0.1, -0.05) is 0 Å². The summed E-state index contributed by atoms with van der Waals surface area (Å²) < 4.78 is 4.52. The summed E-state index contributed by atoms with van der Waals surface area (Å²) in [6, 6.07) is 3.41. The molecule has 1 aromatic rings. The highest BCUT2D eigenvalue weighted by atomic mass is 16.5. The second-order valence-corrected chi connectivity index (χ2v) is 2.75.